The van der Waals surface area contributed by atoms with Crippen LogP contribution in [0.4, 0.5) is 0 Å². The number of hydrogen-bond donors (Lipinski definition) is 3. The maximum Gasteiger partial charge on any atom is 0.243 e. The molecule has 2 heterocycles. The van der Waals surface area contributed by atoms with Gasteiger partial charge in [0, 0.05) is 54.6 Å². The number of aromatic amines is 1. The van der Waals surface area contributed by atoms with Gasteiger partial charge in [-0.15, -0.1) is 0 Å². The molecule has 4 rings (SSSR count). The molecule has 0 aliphatic heterocycles. The standard InChI is InChI=1S/C26H29N5O2/c1-30(2)11-12-31(3)26(33)24(27)18-8-6-7-17(13-18)19-14-21-22(16-29-25(21)28-15-19)20-9-4-5-10-23(20)32/h4-10,13-16,24,32H,11-12,27H2,1-3H3,(H,28,29). The molecule has 4 aromatic rings. The van der Waals surface area contributed by atoms with Crippen LogP contribution in [0.1, 0.15) is 11.6 Å². The number of para-hydroxylation sites is 1. The number of fused-ring (bicyclic) bond motifs is 1. The van der Waals surface area contributed by atoms with Crippen LogP contribution in [0, 0.1) is 0 Å². The lowest BCUT2D eigenvalue weighted by Crippen LogP contribution is -2.39. The van der Waals surface area contributed by atoms with E-state index in [-0.39, 0.29) is 11.7 Å². The number of pyridine rings is 1. The highest BCUT2D eigenvalue weighted by molar-refractivity contribution is 5.97. The molecule has 0 fully saturated rings. The molecule has 170 valence electrons. The summed E-state index contributed by atoms with van der Waals surface area (Å²) in [4.78, 5) is 24.3. The van der Waals surface area contributed by atoms with E-state index in [1.54, 1.807) is 30.3 Å². The van der Waals surface area contributed by atoms with Gasteiger partial charge in [0.25, 0.3) is 0 Å². The van der Waals surface area contributed by atoms with E-state index in [0.717, 1.165) is 45.4 Å². The fraction of sp³-hybridized carbons (Fsp3) is 0.231. The second-order valence-electron chi connectivity index (χ2n) is 8.51. The number of nitrogens with one attached hydrogen (secondary N) is 1. The number of carbonyl (C=O) groups is 1. The van der Waals surface area contributed by atoms with Crippen molar-refractivity contribution in [3.63, 3.8) is 0 Å². The van der Waals surface area contributed by atoms with Crippen LogP contribution >= 0.6 is 0 Å². The molecule has 0 radical (unpaired) electrons. The number of aromatic hydroxyl groups is 1. The van der Waals surface area contributed by atoms with Gasteiger partial charge in [-0.2, -0.15) is 0 Å². The van der Waals surface area contributed by atoms with Crippen molar-refractivity contribution in [2.75, 3.05) is 34.2 Å². The lowest BCUT2D eigenvalue weighted by Gasteiger charge is -2.23. The Morgan fingerprint density at radius 3 is 2.58 bits per heavy atom. The van der Waals surface area contributed by atoms with Crippen LogP contribution < -0.4 is 5.73 Å². The van der Waals surface area contributed by atoms with Crippen LogP contribution in [0.2, 0.25) is 0 Å². The number of phenolic OH excluding ortho intramolecular Hbond substituents is 1. The third-order valence-electron chi connectivity index (χ3n) is 5.83. The minimum Gasteiger partial charge on any atom is -0.507 e. The summed E-state index contributed by atoms with van der Waals surface area (Å²) < 4.78 is 0. The van der Waals surface area contributed by atoms with Crippen molar-refractivity contribution in [3.8, 4) is 28.0 Å². The Morgan fingerprint density at radius 1 is 1.03 bits per heavy atom. The number of amides is 1. The lowest BCUT2D eigenvalue weighted by atomic mass is 9.98. The van der Waals surface area contributed by atoms with Crippen LogP contribution in [0.25, 0.3) is 33.3 Å². The van der Waals surface area contributed by atoms with E-state index < -0.39 is 6.04 Å². The summed E-state index contributed by atoms with van der Waals surface area (Å²) >= 11 is 0. The van der Waals surface area contributed by atoms with Gasteiger partial charge in [-0.1, -0.05) is 36.4 Å². The summed E-state index contributed by atoms with van der Waals surface area (Å²) in [5, 5.41) is 11.2. The Morgan fingerprint density at radius 2 is 1.82 bits per heavy atom. The van der Waals surface area contributed by atoms with Gasteiger partial charge >= 0.3 is 0 Å². The van der Waals surface area contributed by atoms with Gasteiger partial charge in [0.05, 0.1) is 0 Å². The van der Waals surface area contributed by atoms with E-state index >= 15 is 0 Å². The highest BCUT2D eigenvalue weighted by Crippen LogP contribution is 2.35. The first kappa shape index (κ1) is 22.5. The van der Waals surface area contributed by atoms with E-state index in [0.29, 0.717) is 6.54 Å². The zero-order chi connectivity index (χ0) is 23.5. The number of carbonyl (C=O) groups excluding carboxylic acids is 1. The number of likely N-dealkylation sites (N-methyl/N-ethyl adjacent to an activating group) is 2. The Labute approximate surface area is 193 Å². The van der Waals surface area contributed by atoms with Crippen molar-refractivity contribution in [1.82, 2.24) is 19.8 Å². The predicted octanol–water partition coefficient (Wildman–Crippen LogP) is 3.62. The van der Waals surface area contributed by atoms with Crippen molar-refractivity contribution < 1.29 is 9.90 Å². The maximum absolute atomic E-state index is 12.8. The summed E-state index contributed by atoms with van der Waals surface area (Å²) in [7, 11) is 5.73. The van der Waals surface area contributed by atoms with Crippen molar-refractivity contribution in [2.45, 2.75) is 6.04 Å². The third kappa shape index (κ3) is 4.74. The molecule has 0 aliphatic carbocycles. The number of aromatic nitrogens is 2. The fourth-order valence-electron chi connectivity index (χ4n) is 3.84. The summed E-state index contributed by atoms with van der Waals surface area (Å²) in [6.07, 6.45) is 3.65. The first-order valence-electron chi connectivity index (χ1n) is 10.9. The quantitative estimate of drug-likeness (QED) is 0.405. The molecule has 1 unspecified atom stereocenters. The molecule has 7 heteroatoms. The zero-order valence-electron chi connectivity index (χ0n) is 19.1. The molecule has 2 aromatic heterocycles. The topological polar surface area (TPSA) is 98.5 Å². The molecule has 33 heavy (non-hydrogen) atoms. The highest BCUT2D eigenvalue weighted by Gasteiger charge is 2.20. The monoisotopic (exact) mass is 443 g/mol. The number of nitrogens with zero attached hydrogens (tertiary/aromatic N) is 3. The number of benzene rings is 2. The molecular weight excluding hydrogens is 414 g/mol. The van der Waals surface area contributed by atoms with Crippen molar-refractivity contribution in [1.29, 1.82) is 0 Å². The summed E-state index contributed by atoms with van der Waals surface area (Å²) in [6.45, 7) is 1.39. The summed E-state index contributed by atoms with van der Waals surface area (Å²) in [5.41, 5.74) is 11.3. The van der Waals surface area contributed by atoms with Crippen LogP contribution in [-0.2, 0) is 4.79 Å². The fourth-order valence-corrected chi connectivity index (χ4v) is 3.84. The second-order valence-corrected chi connectivity index (χ2v) is 8.51. The molecule has 7 nitrogen and oxygen atoms in total. The molecule has 0 saturated heterocycles. The van der Waals surface area contributed by atoms with Crippen LogP contribution in [0.3, 0.4) is 0 Å². The number of H-pyrrole nitrogens is 1. The Balaban J connectivity index is 1.64. The highest BCUT2D eigenvalue weighted by atomic mass is 16.3. The van der Waals surface area contributed by atoms with E-state index in [1.807, 2.05) is 67.7 Å². The molecule has 1 atom stereocenters. The van der Waals surface area contributed by atoms with Gasteiger partial charge in [-0.3, -0.25) is 4.79 Å². The summed E-state index contributed by atoms with van der Waals surface area (Å²) in [5.74, 6) is 0.101. The van der Waals surface area contributed by atoms with E-state index in [9.17, 15) is 9.90 Å². The molecule has 0 aliphatic rings. The van der Waals surface area contributed by atoms with Crippen molar-refractivity contribution >= 4 is 16.9 Å². The SMILES string of the molecule is CN(C)CCN(C)C(=O)C(N)c1cccc(-c2cnc3[nH]cc(-c4ccccc4O)c3c2)c1. The molecule has 2 aromatic carbocycles. The molecular formula is C26H29N5O2. The van der Waals surface area contributed by atoms with Gasteiger partial charge in [-0.25, -0.2) is 4.98 Å². The minimum absolute atomic E-state index is 0.116. The van der Waals surface area contributed by atoms with Gasteiger partial charge in [-0.05, 0) is 43.4 Å². The Hall–Kier alpha value is -3.68. The maximum atomic E-state index is 12.8. The third-order valence-corrected chi connectivity index (χ3v) is 5.83. The van der Waals surface area contributed by atoms with Crippen molar-refractivity contribution in [2.24, 2.45) is 5.73 Å². The predicted molar refractivity (Wildman–Crippen MR) is 132 cm³/mol. The van der Waals surface area contributed by atoms with Gasteiger partial charge < -0.3 is 25.6 Å². The van der Waals surface area contributed by atoms with Crippen LogP contribution in [0.5, 0.6) is 5.75 Å². The first-order valence-corrected chi connectivity index (χ1v) is 10.9. The van der Waals surface area contributed by atoms with E-state index in [2.05, 4.69) is 9.97 Å². The lowest BCUT2D eigenvalue weighted by molar-refractivity contribution is -0.131. The normalized spacial score (nSPS) is 12.3. The van der Waals surface area contributed by atoms with Gasteiger partial charge in [0.15, 0.2) is 0 Å². The minimum atomic E-state index is -0.738. The average molecular weight is 444 g/mol. The van der Waals surface area contributed by atoms with Crippen LogP contribution in [0.15, 0.2) is 67.0 Å². The van der Waals surface area contributed by atoms with Crippen LogP contribution in [-0.4, -0.2) is 65.0 Å². The molecule has 0 bridgehead atoms. The summed E-state index contributed by atoms with van der Waals surface area (Å²) in [6, 6.07) is 16.2. The molecule has 4 N–H and O–H groups in total. The molecule has 1 amide bonds. The van der Waals surface area contributed by atoms with Gasteiger partial charge in [0.1, 0.15) is 17.4 Å². The number of phenols is 1. The first-order chi connectivity index (χ1) is 15.8. The number of nitrogens with two attached hydrogens (primary N) is 1. The van der Waals surface area contributed by atoms with E-state index in [4.69, 9.17) is 5.73 Å². The van der Waals surface area contributed by atoms with Gasteiger partial charge in [0.2, 0.25) is 5.91 Å². The van der Waals surface area contributed by atoms with E-state index in [1.165, 1.54) is 0 Å². The molecule has 0 spiro atoms. The average Bonchev–Trinajstić information content (AvgIpc) is 3.25. The van der Waals surface area contributed by atoms with Crippen molar-refractivity contribution in [3.05, 3.63) is 72.6 Å². The Bertz CT molecular complexity index is 1280. The largest absolute Gasteiger partial charge is 0.507 e. The smallest absolute Gasteiger partial charge is 0.243 e. The Kier molecular flexibility index (Phi) is 6.44. The number of rotatable bonds is 7. The zero-order valence-corrected chi connectivity index (χ0v) is 19.1. The molecule has 0 saturated carbocycles. The second kappa shape index (κ2) is 9.44. The number of hydrogen-bond acceptors (Lipinski definition) is 5.